The minimum Gasteiger partial charge on any atom is -0.377 e. The zero-order valence-corrected chi connectivity index (χ0v) is 12.1. The molecule has 0 bridgehead atoms. The van der Waals surface area contributed by atoms with E-state index in [1.54, 1.807) is 0 Å². The Bertz CT molecular complexity index is 426. The van der Waals surface area contributed by atoms with E-state index < -0.39 is 0 Å². The highest BCUT2D eigenvalue weighted by molar-refractivity contribution is 5.79. The molecule has 2 atom stereocenters. The third-order valence-corrected chi connectivity index (χ3v) is 3.86. The summed E-state index contributed by atoms with van der Waals surface area (Å²) in [6.45, 7) is 5.61. The van der Waals surface area contributed by atoms with Gasteiger partial charge in [0.15, 0.2) is 0 Å². The van der Waals surface area contributed by atoms with Crippen molar-refractivity contribution in [1.29, 1.82) is 0 Å². The maximum absolute atomic E-state index is 12.3. The number of carbonyl (C=O) groups is 1. The van der Waals surface area contributed by atoms with Gasteiger partial charge in [-0.25, -0.2) is 0 Å². The molecular formula is C15H24N2O2. The van der Waals surface area contributed by atoms with Gasteiger partial charge in [0, 0.05) is 25.5 Å². The summed E-state index contributed by atoms with van der Waals surface area (Å²) in [4.78, 5) is 12.3. The Hall–Kier alpha value is -1.29. The van der Waals surface area contributed by atoms with Gasteiger partial charge in [0.1, 0.15) is 0 Å². The van der Waals surface area contributed by atoms with E-state index >= 15 is 0 Å². The quantitative estimate of drug-likeness (QED) is 0.905. The number of nitrogens with one attached hydrogen (secondary N) is 1. The van der Waals surface area contributed by atoms with Crippen molar-refractivity contribution >= 4 is 5.91 Å². The van der Waals surface area contributed by atoms with Gasteiger partial charge in [0.2, 0.25) is 5.91 Å². The van der Waals surface area contributed by atoms with Gasteiger partial charge in [0.25, 0.3) is 0 Å². The first-order chi connectivity index (χ1) is 9.09. The molecule has 2 heterocycles. The minimum atomic E-state index is -0.00554. The fourth-order valence-electron chi connectivity index (χ4n) is 2.73. The van der Waals surface area contributed by atoms with Crippen LogP contribution in [0.3, 0.4) is 0 Å². The standard InChI is InChI=1S/C15H24N2O2/c1-11(2)14-13(7-5-9-19-14)15(18)16-10-12-6-4-8-17(12)3/h4,6,8,11,13-14H,5,7,9-10H2,1-3H3,(H,16,18). The summed E-state index contributed by atoms with van der Waals surface area (Å²) in [6, 6.07) is 4.01. The molecule has 1 aromatic heterocycles. The van der Waals surface area contributed by atoms with Gasteiger partial charge in [-0.2, -0.15) is 0 Å². The van der Waals surface area contributed by atoms with Crippen LogP contribution in [0.5, 0.6) is 0 Å². The topological polar surface area (TPSA) is 43.3 Å². The molecule has 1 amide bonds. The van der Waals surface area contributed by atoms with Crippen molar-refractivity contribution in [2.45, 2.75) is 39.3 Å². The van der Waals surface area contributed by atoms with E-state index in [0.717, 1.165) is 25.1 Å². The first kappa shape index (κ1) is 14.1. The number of aryl methyl sites for hydroxylation is 1. The Balaban J connectivity index is 1.92. The minimum absolute atomic E-state index is 0.00554. The largest absolute Gasteiger partial charge is 0.377 e. The van der Waals surface area contributed by atoms with E-state index in [2.05, 4.69) is 19.2 Å². The molecule has 0 aliphatic carbocycles. The third kappa shape index (κ3) is 3.38. The van der Waals surface area contributed by atoms with Crippen LogP contribution >= 0.6 is 0 Å². The second-order valence-electron chi connectivity index (χ2n) is 5.66. The fourth-order valence-corrected chi connectivity index (χ4v) is 2.73. The number of amides is 1. The third-order valence-electron chi connectivity index (χ3n) is 3.86. The maximum Gasteiger partial charge on any atom is 0.226 e. The highest BCUT2D eigenvalue weighted by Crippen LogP contribution is 2.26. The average Bonchev–Trinajstić information content (AvgIpc) is 2.81. The molecule has 1 aromatic rings. The lowest BCUT2D eigenvalue weighted by Gasteiger charge is -2.33. The summed E-state index contributed by atoms with van der Waals surface area (Å²) in [5.41, 5.74) is 1.12. The second-order valence-corrected chi connectivity index (χ2v) is 5.66. The number of aromatic nitrogens is 1. The van der Waals surface area contributed by atoms with Gasteiger partial charge in [-0.15, -0.1) is 0 Å². The van der Waals surface area contributed by atoms with Crippen LogP contribution in [0.15, 0.2) is 18.3 Å². The summed E-state index contributed by atoms with van der Waals surface area (Å²) in [5.74, 6) is 0.500. The highest BCUT2D eigenvalue weighted by atomic mass is 16.5. The van der Waals surface area contributed by atoms with Crippen LogP contribution in [0.1, 0.15) is 32.4 Å². The molecule has 106 valence electrons. The highest BCUT2D eigenvalue weighted by Gasteiger charge is 2.33. The van der Waals surface area contributed by atoms with Crippen LogP contribution in [0.25, 0.3) is 0 Å². The molecule has 0 aromatic carbocycles. The molecule has 1 aliphatic rings. The lowest BCUT2D eigenvalue weighted by atomic mass is 9.87. The Morgan fingerprint density at radius 1 is 1.58 bits per heavy atom. The van der Waals surface area contributed by atoms with Crippen molar-refractivity contribution in [3.8, 4) is 0 Å². The van der Waals surface area contributed by atoms with Gasteiger partial charge in [0.05, 0.1) is 18.6 Å². The normalized spacial score (nSPS) is 23.6. The van der Waals surface area contributed by atoms with E-state index in [1.165, 1.54) is 0 Å². The van der Waals surface area contributed by atoms with Crippen molar-refractivity contribution < 1.29 is 9.53 Å². The number of hydrogen-bond acceptors (Lipinski definition) is 2. The Labute approximate surface area is 115 Å². The van der Waals surface area contributed by atoms with Crippen molar-refractivity contribution in [2.75, 3.05) is 6.61 Å². The summed E-state index contributed by atoms with van der Waals surface area (Å²) in [6.07, 6.45) is 3.96. The summed E-state index contributed by atoms with van der Waals surface area (Å²) >= 11 is 0. The summed E-state index contributed by atoms with van der Waals surface area (Å²) in [7, 11) is 1.99. The summed E-state index contributed by atoms with van der Waals surface area (Å²) in [5, 5.41) is 3.04. The molecule has 0 spiro atoms. The van der Waals surface area contributed by atoms with Crippen LogP contribution in [0.2, 0.25) is 0 Å². The lowest BCUT2D eigenvalue weighted by Crippen LogP contribution is -2.43. The molecular weight excluding hydrogens is 240 g/mol. The zero-order valence-electron chi connectivity index (χ0n) is 12.1. The molecule has 1 aliphatic heterocycles. The predicted octanol–water partition coefficient (Wildman–Crippen LogP) is 2.09. The van der Waals surface area contributed by atoms with Crippen molar-refractivity contribution in [3.05, 3.63) is 24.0 Å². The molecule has 2 rings (SSSR count). The van der Waals surface area contributed by atoms with E-state index in [0.29, 0.717) is 12.5 Å². The van der Waals surface area contributed by atoms with Crippen LogP contribution in [0, 0.1) is 11.8 Å². The van der Waals surface area contributed by atoms with Crippen molar-refractivity contribution in [1.82, 2.24) is 9.88 Å². The molecule has 1 N–H and O–H groups in total. The van der Waals surface area contributed by atoms with Crippen LogP contribution in [-0.2, 0) is 23.1 Å². The molecule has 19 heavy (non-hydrogen) atoms. The number of ether oxygens (including phenoxy) is 1. The van der Waals surface area contributed by atoms with Gasteiger partial charge < -0.3 is 14.6 Å². The number of carbonyl (C=O) groups excluding carboxylic acids is 1. The molecule has 1 fully saturated rings. The molecule has 0 saturated carbocycles. The van der Waals surface area contributed by atoms with Crippen LogP contribution in [0.4, 0.5) is 0 Å². The van der Waals surface area contributed by atoms with E-state index in [9.17, 15) is 4.79 Å². The number of rotatable bonds is 4. The number of nitrogens with zero attached hydrogens (tertiary/aromatic N) is 1. The van der Waals surface area contributed by atoms with Crippen LogP contribution in [-0.4, -0.2) is 23.2 Å². The second kappa shape index (κ2) is 6.24. The smallest absolute Gasteiger partial charge is 0.226 e. The lowest BCUT2D eigenvalue weighted by molar-refractivity contribution is -0.137. The maximum atomic E-state index is 12.3. The fraction of sp³-hybridized carbons (Fsp3) is 0.667. The SMILES string of the molecule is CC(C)C1OCCCC1C(=O)NCc1cccn1C. The van der Waals surface area contributed by atoms with Crippen LogP contribution < -0.4 is 5.32 Å². The molecule has 1 saturated heterocycles. The van der Waals surface area contributed by atoms with E-state index in [-0.39, 0.29) is 17.9 Å². The zero-order chi connectivity index (χ0) is 13.8. The predicted molar refractivity (Wildman–Crippen MR) is 74.6 cm³/mol. The van der Waals surface area contributed by atoms with Gasteiger partial charge >= 0.3 is 0 Å². The molecule has 4 heteroatoms. The van der Waals surface area contributed by atoms with E-state index in [1.807, 2.05) is 29.9 Å². The van der Waals surface area contributed by atoms with Crippen molar-refractivity contribution in [3.63, 3.8) is 0 Å². The first-order valence-electron chi connectivity index (χ1n) is 7.09. The number of hydrogen-bond donors (Lipinski definition) is 1. The van der Waals surface area contributed by atoms with Gasteiger partial charge in [-0.1, -0.05) is 13.8 Å². The first-order valence-corrected chi connectivity index (χ1v) is 7.09. The van der Waals surface area contributed by atoms with Gasteiger partial charge in [-0.3, -0.25) is 4.79 Å². The Morgan fingerprint density at radius 2 is 2.37 bits per heavy atom. The molecule has 2 unspecified atom stereocenters. The summed E-state index contributed by atoms with van der Waals surface area (Å²) < 4.78 is 7.79. The van der Waals surface area contributed by atoms with Crippen molar-refractivity contribution in [2.24, 2.45) is 18.9 Å². The van der Waals surface area contributed by atoms with E-state index in [4.69, 9.17) is 4.74 Å². The molecule has 4 nitrogen and oxygen atoms in total. The average molecular weight is 264 g/mol. The molecule has 0 radical (unpaired) electrons. The van der Waals surface area contributed by atoms with Gasteiger partial charge in [-0.05, 0) is 30.9 Å². The Kier molecular flexibility index (Phi) is 4.64. The monoisotopic (exact) mass is 264 g/mol. The Morgan fingerprint density at radius 3 is 3.00 bits per heavy atom.